The molecular weight excluding hydrogens is 308 g/mol. The molecule has 1 rings (SSSR count). The molecule has 1 aliphatic rings. The monoisotopic (exact) mass is 344 g/mol. The molecule has 0 aromatic rings. The summed E-state index contributed by atoms with van der Waals surface area (Å²) in [6.07, 6.45) is 8.83. The van der Waals surface area contributed by atoms with Gasteiger partial charge in [0, 0.05) is 18.6 Å². The van der Waals surface area contributed by atoms with Gasteiger partial charge in [-0.2, -0.15) is 11.8 Å². The van der Waals surface area contributed by atoms with E-state index < -0.39 is 5.60 Å². The lowest BCUT2D eigenvalue weighted by molar-refractivity contribution is 0.0150. The maximum Gasteiger partial charge on any atom is 0.410 e. The Morgan fingerprint density at radius 3 is 2.74 bits per heavy atom. The quantitative estimate of drug-likeness (QED) is 0.700. The fraction of sp³-hybridized carbons (Fsp3) is 0.944. The van der Waals surface area contributed by atoms with E-state index in [1.165, 1.54) is 25.0 Å². The summed E-state index contributed by atoms with van der Waals surface area (Å²) in [7, 11) is 0. The summed E-state index contributed by atoms with van der Waals surface area (Å²) in [5.41, 5.74) is -0.421. The second-order valence-electron chi connectivity index (χ2n) is 7.61. The number of ether oxygens (including phenoxy) is 1. The normalized spacial score (nSPS) is 20.9. The topological polar surface area (TPSA) is 41.6 Å². The van der Waals surface area contributed by atoms with Gasteiger partial charge in [-0.1, -0.05) is 12.8 Å². The van der Waals surface area contributed by atoms with Gasteiger partial charge in [0.2, 0.25) is 0 Å². The Hall–Kier alpha value is -0.420. The number of amides is 1. The predicted molar refractivity (Wildman–Crippen MR) is 100 cm³/mol. The molecule has 0 aromatic heterocycles. The Balaban J connectivity index is 2.54. The highest BCUT2D eigenvalue weighted by Gasteiger charge is 2.30. The van der Waals surface area contributed by atoms with Crippen molar-refractivity contribution in [3.8, 4) is 0 Å². The van der Waals surface area contributed by atoms with Crippen LogP contribution in [0.4, 0.5) is 4.79 Å². The van der Waals surface area contributed by atoms with Gasteiger partial charge in [0.25, 0.3) is 0 Å². The molecule has 1 amide bonds. The van der Waals surface area contributed by atoms with Crippen LogP contribution < -0.4 is 5.32 Å². The van der Waals surface area contributed by atoms with Gasteiger partial charge in [0.15, 0.2) is 0 Å². The molecular formula is C18H36N2O2S. The van der Waals surface area contributed by atoms with Crippen LogP contribution in [0.15, 0.2) is 0 Å². The fourth-order valence-electron chi connectivity index (χ4n) is 3.04. The predicted octanol–water partition coefficient (Wildman–Crippen LogP) is 4.29. The Bertz CT molecular complexity index is 344. The molecule has 1 fully saturated rings. The third kappa shape index (κ3) is 8.85. The summed E-state index contributed by atoms with van der Waals surface area (Å²) in [5.74, 6) is 1.20. The van der Waals surface area contributed by atoms with Crippen LogP contribution in [0.25, 0.3) is 0 Å². The van der Waals surface area contributed by atoms with E-state index in [2.05, 4.69) is 18.5 Å². The Morgan fingerprint density at radius 1 is 1.35 bits per heavy atom. The lowest BCUT2D eigenvalue weighted by Gasteiger charge is -2.33. The maximum atomic E-state index is 12.5. The van der Waals surface area contributed by atoms with Crippen molar-refractivity contribution < 1.29 is 9.53 Å². The average molecular weight is 345 g/mol. The van der Waals surface area contributed by atoms with E-state index in [0.29, 0.717) is 12.1 Å². The first-order valence-corrected chi connectivity index (χ1v) is 10.4. The molecule has 4 nitrogen and oxygen atoms in total. The number of nitrogens with zero attached hydrogens (tertiary/aromatic N) is 1. The molecule has 0 aromatic carbocycles. The molecule has 0 bridgehead atoms. The maximum absolute atomic E-state index is 12.5. The van der Waals surface area contributed by atoms with E-state index in [9.17, 15) is 4.79 Å². The van der Waals surface area contributed by atoms with Crippen molar-refractivity contribution in [3.63, 3.8) is 0 Å². The third-order valence-electron chi connectivity index (χ3n) is 4.15. The lowest BCUT2D eigenvalue weighted by atomic mass is 10.0. The van der Waals surface area contributed by atoms with E-state index in [1.807, 2.05) is 37.4 Å². The fourth-order valence-corrected chi connectivity index (χ4v) is 3.47. The van der Waals surface area contributed by atoms with E-state index >= 15 is 0 Å². The average Bonchev–Trinajstić information content (AvgIpc) is 2.67. The highest BCUT2D eigenvalue weighted by molar-refractivity contribution is 7.98. The van der Waals surface area contributed by atoms with Crippen LogP contribution in [0.2, 0.25) is 0 Å². The van der Waals surface area contributed by atoms with Crippen molar-refractivity contribution >= 4 is 17.9 Å². The summed E-state index contributed by atoms with van der Waals surface area (Å²) in [6, 6.07) is 0.736. The van der Waals surface area contributed by atoms with Gasteiger partial charge < -0.3 is 15.0 Å². The summed E-state index contributed by atoms with van der Waals surface area (Å²) in [4.78, 5) is 14.5. The van der Waals surface area contributed by atoms with Crippen LogP contribution >= 0.6 is 11.8 Å². The Labute approximate surface area is 147 Å². The largest absolute Gasteiger partial charge is 0.444 e. The van der Waals surface area contributed by atoms with E-state index in [-0.39, 0.29) is 6.09 Å². The standard InChI is InChI=1S/C18H36N2O2S/c1-15(19-11-9-13-23-5)14-16-10-7-6-8-12-20(16)17(21)22-18(2,3)4/h15-16,19H,6-14H2,1-5H3. The SMILES string of the molecule is CSCCCNC(C)CC1CCCCCN1C(=O)OC(C)(C)C. The van der Waals surface area contributed by atoms with Crippen molar-refractivity contribution in [2.45, 2.75) is 83.9 Å². The number of hydrogen-bond acceptors (Lipinski definition) is 4. The molecule has 1 aliphatic heterocycles. The van der Waals surface area contributed by atoms with Crippen molar-refractivity contribution in [1.82, 2.24) is 10.2 Å². The number of likely N-dealkylation sites (tertiary alicyclic amines) is 1. The minimum absolute atomic E-state index is 0.140. The van der Waals surface area contributed by atoms with Crippen LogP contribution in [0.1, 0.15) is 66.2 Å². The molecule has 0 spiro atoms. The second-order valence-corrected chi connectivity index (χ2v) is 8.60. The summed E-state index contributed by atoms with van der Waals surface area (Å²) in [6.45, 7) is 9.94. The first-order chi connectivity index (χ1) is 10.8. The molecule has 0 saturated carbocycles. The minimum Gasteiger partial charge on any atom is -0.444 e. The smallest absolute Gasteiger partial charge is 0.410 e. The molecule has 23 heavy (non-hydrogen) atoms. The molecule has 0 aliphatic carbocycles. The van der Waals surface area contributed by atoms with Crippen LogP contribution in [-0.2, 0) is 4.74 Å². The zero-order valence-corrected chi connectivity index (χ0v) is 16.5. The van der Waals surface area contributed by atoms with Gasteiger partial charge in [-0.05, 0) is 71.9 Å². The molecule has 5 heteroatoms. The van der Waals surface area contributed by atoms with Gasteiger partial charge in [0.05, 0.1) is 0 Å². The number of hydrogen-bond donors (Lipinski definition) is 1. The van der Waals surface area contributed by atoms with Crippen LogP contribution in [0, 0.1) is 0 Å². The van der Waals surface area contributed by atoms with Gasteiger partial charge in [-0.25, -0.2) is 4.79 Å². The molecule has 0 radical (unpaired) electrons. The zero-order chi connectivity index (χ0) is 17.3. The molecule has 136 valence electrons. The Morgan fingerprint density at radius 2 is 2.09 bits per heavy atom. The van der Waals surface area contributed by atoms with Crippen molar-refractivity contribution in [2.75, 3.05) is 25.1 Å². The summed E-state index contributed by atoms with van der Waals surface area (Å²) >= 11 is 1.89. The van der Waals surface area contributed by atoms with Gasteiger partial charge in [-0.3, -0.25) is 0 Å². The van der Waals surface area contributed by atoms with E-state index in [1.54, 1.807) is 0 Å². The van der Waals surface area contributed by atoms with Gasteiger partial charge in [-0.15, -0.1) is 0 Å². The molecule has 1 heterocycles. The van der Waals surface area contributed by atoms with Gasteiger partial charge in [0.1, 0.15) is 5.60 Å². The number of rotatable bonds is 7. The van der Waals surface area contributed by atoms with E-state index in [0.717, 1.165) is 32.4 Å². The number of carbonyl (C=O) groups is 1. The summed E-state index contributed by atoms with van der Waals surface area (Å²) in [5, 5.41) is 3.60. The molecule has 2 unspecified atom stereocenters. The first-order valence-electron chi connectivity index (χ1n) is 9.05. The third-order valence-corrected chi connectivity index (χ3v) is 4.85. The van der Waals surface area contributed by atoms with Crippen molar-refractivity contribution in [3.05, 3.63) is 0 Å². The van der Waals surface area contributed by atoms with Crippen molar-refractivity contribution in [1.29, 1.82) is 0 Å². The highest BCUT2D eigenvalue weighted by Crippen LogP contribution is 2.23. The van der Waals surface area contributed by atoms with Gasteiger partial charge >= 0.3 is 6.09 Å². The van der Waals surface area contributed by atoms with Crippen LogP contribution in [-0.4, -0.2) is 53.8 Å². The number of thioether (sulfide) groups is 1. The minimum atomic E-state index is -0.421. The second kappa shape index (κ2) is 10.4. The van der Waals surface area contributed by atoms with Crippen molar-refractivity contribution in [2.24, 2.45) is 0 Å². The molecule has 1 saturated heterocycles. The number of nitrogens with one attached hydrogen (secondary N) is 1. The van der Waals surface area contributed by atoms with Crippen LogP contribution in [0.3, 0.4) is 0 Å². The number of carbonyl (C=O) groups excluding carboxylic acids is 1. The first kappa shape index (κ1) is 20.6. The Kier molecular flexibility index (Phi) is 9.37. The highest BCUT2D eigenvalue weighted by atomic mass is 32.2. The zero-order valence-electron chi connectivity index (χ0n) is 15.7. The lowest BCUT2D eigenvalue weighted by Crippen LogP contribution is -2.45. The summed E-state index contributed by atoms with van der Waals surface area (Å²) < 4.78 is 5.62. The van der Waals surface area contributed by atoms with Crippen LogP contribution in [0.5, 0.6) is 0 Å². The van der Waals surface area contributed by atoms with E-state index in [4.69, 9.17) is 4.74 Å². The molecule has 1 N–H and O–H groups in total. The molecule has 2 atom stereocenters.